The van der Waals surface area contributed by atoms with Crippen molar-refractivity contribution in [2.24, 2.45) is 10.4 Å². The van der Waals surface area contributed by atoms with E-state index < -0.39 is 0 Å². The molecule has 1 atom stereocenters. The van der Waals surface area contributed by atoms with Crippen LogP contribution < -0.4 is 15.4 Å². The Kier molecular flexibility index (Phi) is 7.91. The van der Waals surface area contributed by atoms with E-state index in [2.05, 4.69) is 41.8 Å². The van der Waals surface area contributed by atoms with Gasteiger partial charge in [-0.15, -0.1) is 11.3 Å². The van der Waals surface area contributed by atoms with Gasteiger partial charge in [0.25, 0.3) is 0 Å². The molecular weight excluding hydrogens is 386 g/mol. The second-order valence-corrected chi connectivity index (χ2v) is 8.49. The third-order valence-electron chi connectivity index (χ3n) is 5.23. The third-order valence-corrected chi connectivity index (χ3v) is 6.35. The molecule has 158 valence electrons. The first kappa shape index (κ1) is 21.6. The van der Waals surface area contributed by atoms with E-state index in [0.717, 1.165) is 44.2 Å². The van der Waals surface area contributed by atoms with Crippen molar-refractivity contribution in [3.63, 3.8) is 0 Å². The maximum atomic E-state index is 9.40. The molecule has 1 aromatic carbocycles. The number of thiophene rings is 1. The minimum absolute atomic E-state index is 0.00455. The van der Waals surface area contributed by atoms with Crippen LogP contribution in [0.4, 0.5) is 0 Å². The quantitative estimate of drug-likeness (QED) is 0.431. The maximum Gasteiger partial charge on any atom is 0.191 e. The molecule has 2 aromatic rings. The number of guanidine groups is 1. The molecular formula is C22H31N3O3S. The molecule has 7 heteroatoms. The molecule has 0 spiro atoms. The molecule has 1 unspecified atom stereocenters. The molecule has 3 N–H and O–H groups in total. The number of methoxy groups -OCH3 is 1. The molecule has 1 fully saturated rings. The summed E-state index contributed by atoms with van der Waals surface area (Å²) in [5, 5.41) is 16.2. The van der Waals surface area contributed by atoms with Gasteiger partial charge in [0.2, 0.25) is 0 Å². The van der Waals surface area contributed by atoms with Crippen LogP contribution in [-0.4, -0.2) is 51.1 Å². The molecule has 3 rings (SSSR count). The summed E-state index contributed by atoms with van der Waals surface area (Å²) >= 11 is 1.75. The van der Waals surface area contributed by atoms with E-state index in [9.17, 15) is 5.11 Å². The van der Waals surface area contributed by atoms with Gasteiger partial charge in [0.05, 0.1) is 20.3 Å². The number of hydrogen-bond acceptors (Lipinski definition) is 5. The minimum Gasteiger partial charge on any atom is -0.497 e. The van der Waals surface area contributed by atoms with Crippen LogP contribution in [0, 0.1) is 5.41 Å². The molecule has 6 nitrogen and oxygen atoms in total. The zero-order valence-corrected chi connectivity index (χ0v) is 18.1. The van der Waals surface area contributed by atoms with Crippen LogP contribution in [0.1, 0.15) is 24.6 Å². The predicted octanol–water partition coefficient (Wildman–Crippen LogP) is 3.27. The van der Waals surface area contributed by atoms with Crippen LogP contribution in [0.15, 0.2) is 41.4 Å². The van der Waals surface area contributed by atoms with Crippen molar-refractivity contribution < 1.29 is 14.6 Å². The average Bonchev–Trinajstić information content (AvgIpc) is 3.41. The predicted molar refractivity (Wildman–Crippen MR) is 119 cm³/mol. The van der Waals surface area contributed by atoms with Gasteiger partial charge in [0.15, 0.2) is 5.96 Å². The van der Waals surface area contributed by atoms with Gasteiger partial charge in [-0.25, -0.2) is 4.99 Å². The first-order valence-corrected chi connectivity index (χ1v) is 10.9. The highest BCUT2D eigenvalue weighted by atomic mass is 32.1. The van der Waals surface area contributed by atoms with Crippen LogP contribution in [0.25, 0.3) is 10.4 Å². The average molecular weight is 418 g/mol. The van der Waals surface area contributed by atoms with Gasteiger partial charge in [0.1, 0.15) is 5.75 Å². The number of aliphatic imine (C=N–C) groups is 1. The molecule has 1 aliphatic heterocycles. The van der Waals surface area contributed by atoms with Gasteiger partial charge in [-0.2, -0.15) is 0 Å². The van der Waals surface area contributed by atoms with Crippen LogP contribution in [-0.2, 0) is 11.3 Å². The number of hydrogen-bond donors (Lipinski definition) is 3. The lowest BCUT2D eigenvalue weighted by Gasteiger charge is -2.27. The van der Waals surface area contributed by atoms with Crippen molar-refractivity contribution in [3.05, 3.63) is 41.3 Å². The van der Waals surface area contributed by atoms with Crippen molar-refractivity contribution in [1.82, 2.24) is 10.6 Å². The summed E-state index contributed by atoms with van der Waals surface area (Å²) in [6.07, 6.45) is 1.71. The van der Waals surface area contributed by atoms with E-state index >= 15 is 0 Å². The fourth-order valence-corrected chi connectivity index (χ4v) is 4.39. The normalized spacial score (nSPS) is 19.3. The van der Waals surface area contributed by atoms with Gasteiger partial charge in [0, 0.05) is 41.5 Å². The zero-order chi connectivity index (χ0) is 20.5. The molecule has 0 saturated carbocycles. The Balaban J connectivity index is 1.61. The number of aliphatic hydroxyl groups excluding tert-OH is 1. The Morgan fingerprint density at radius 3 is 2.72 bits per heavy atom. The Bertz CT molecular complexity index is 783. The minimum atomic E-state index is -0.00455. The monoisotopic (exact) mass is 417 g/mol. The highest BCUT2D eigenvalue weighted by Gasteiger charge is 2.34. The molecule has 0 aliphatic carbocycles. The highest BCUT2D eigenvalue weighted by Crippen LogP contribution is 2.32. The fraction of sp³-hybridized carbons (Fsp3) is 0.500. The second-order valence-electron chi connectivity index (χ2n) is 7.32. The third kappa shape index (κ3) is 5.95. The van der Waals surface area contributed by atoms with Gasteiger partial charge in [-0.1, -0.05) is 0 Å². The summed E-state index contributed by atoms with van der Waals surface area (Å²) in [6, 6.07) is 12.4. The van der Waals surface area contributed by atoms with Crippen LogP contribution >= 0.6 is 11.3 Å². The van der Waals surface area contributed by atoms with E-state index in [1.807, 2.05) is 12.1 Å². The highest BCUT2D eigenvalue weighted by molar-refractivity contribution is 7.15. The molecule has 1 saturated heterocycles. The Labute approximate surface area is 177 Å². The molecule has 0 bridgehead atoms. The fourth-order valence-electron chi connectivity index (χ4n) is 3.45. The largest absolute Gasteiger partial charge is 0.497 e. The zero-order valence-electron chi connectivity index (χ0n) is 17.2. The van der Waals surface area contributed by atoms with Crippen LogP contribution in [0.5, 0.6) is 5.75 Å². The summed E-state index contributed by atoms with van der Waals surface area (Å²) in [5.41, 5.74) is 1.18. The molecule has 1 aromatic heterocycles. The summed E-state index contributed by atoms with van der Waals surface area (Å²) < 4.78 is 10.8. The number of rotatable bonds is 9. The van der Waals surface area contributed by atoms with E-state index in [4.69, 9.17) is 14.5 Å². The van der Waals surface area contributed by atoms with E-state index in [1.165, 1.54) is 15.3 Å². The lowest BCUT2D eigenvalue weighted by molar-refractivity contribution is 0.127. The van der Waals surface area contributed by atoms with E-state index in [0.29, 0.717) is 13.2 Å². The van der Waals surface area contributed by atoms with E-state index in [1.54, 1.807) is 18.4 Å². The van der Waals surface area contributed by atoms with Crippen molar-refractivity contribution >= 4 is 17.3 Å². The summed E-state index contributed by atoms with van der Waals surface area (Å²) in [6.45, 7) is 5.88. The lowest BCUT2D eigenvalue weighted by Crippen LogP contribution is -2.44. The topological polar surface area (TPSA) is 75.1 Å². The second kappa shape index (κ2) is 10.6. The first-order chi connectivity index (χ1) is 14.2. The Morgan fingerprint density at radius 1 is 1.24 bits per heavy atom. The summed E-state index contributed by atoms with van der Waals surface area (Å²) in [5.74, 6) is 1.67. The number of nitrogens with zero attached hydrogens (tertiary/aromatic N) is 1. The van der Waals surface area contributed by atoms with Crippen molar-refractivity contribution in [2.45, 2.75) is 26.3 Å². The molecule has 29 heavy (non-hydrogen) atoms. The van der Waals surface area contributed by atoms with Crippen molar-refractivity contribution in [2.75, 3.05) is 40.0 Å². The van der Waals surface area contributed by atoms with Gasteiger partial charge in [-0.3, -0.25) is 0 Å². The van der Waals surface area contributed by atoms with Gasteiger partial charge in [-0.05, 0) is 61.7 Å². The van der Waals surface area contributed by atoms with Crippen LogP contribution in [0.2, 0.25) is 0 Å². The number of nitrogens with one attached hydrogen (secondary N) is 2. The number of aliphatic hydroxyl groups is 1. The van der Waals surface area contributed by atoms with Crippen molar-refractivity contribution in [3.8, 4) is 16.2 Å². The number of ether oxygens (including phenoxy) is 2. The first-order valence-electron chi connectivity index (χ1n) is 10.1. The molecule has 0 radical (unpaired) electrons. The van der Waals surface area contributed by atoms with Gasteiger partial charge < -0.3 is 25.2 Å². The van der Waals surface area contributed by atoms with Crippen molar-refractivity contribution in [1.29, 1.82) is 0 Å². The number of benzene rings is 1. The summed E-state index contributed by atoms with van der Waals surface area (Å²) in [4.78, 5) is 7.19. The van der Waals surface area contributed by atoms with E-state index in [-0.39, 0.29) is 12.0 Å². The molecule has 2 heterocycles. The van der Waals surface area contributed by atoms with Crippen LogP contribution in [0.3, 0.4) is 0 Å². The Morgan fingerprint density at radius 2 is 2.07 bits per heavy atom. The Hall–Kier alpha value is -2.09. The van der Waals surface area contributed by atoms with Gasteiger partial charge >= 0.3 is 0 Å². The SMILES string of the molecule is CCNC(=NCc1ccc(-c2ccc(OC)cc2)s1)NCC1(CCO)CCOC1. The smallest absolute Gasteiger partial charge is 0.191 e. The molecule has 1 aliphatic rings. The lowest BCUT2D eigenvalue weighted by atomic mass is 9.84. The molecule has 0 amide bonds. The standard InChI is InChI=1S/C22H31N3O3S/c1-3-23-21(25-15-22(10-12-26)11-13-28-16-22)24-14-19-8-9-20(29-19)17-4-6-18(27-2)7-5-17/h4-9,26H,3,10-16H2,1-2H3,(H2,23,24,25). The maximum absolute atomic E-state index is 9.40. The summed E-state index contributed by atoms with van der Waals surface area (Å²) in [7, 11) is 1.68.